The van der Waals surface area contributed by atoms with Gasteiger partial charge in [0.05, 0.1) is 12.0 Å². The zero-order valence-electron chi connectivity index (χ0n) is 9.32. The molecule has 1 amide bonds. The number of thiol groups is 1. The number of carbonyl (C=O) groups excluding carboxylic acids is 1. The number of amides is 1. The summed E-state index contributed by atoms with van der Waals surface area (Å²) in [5.41, 5.74) is 0. The number of hydrogen-bond donors (Lipinski definition) is 1. The molecule has 0 bridgehead atoms. The average Bonchev–Trinajstić information content (AvgIpc) is 2.16. The van der Waals surface area contributed by atoms with E-state index in [4.69, 9.17) is 4.74 Å². The van der Waals surface area contributed by atoms with E-state index in [-0.39, 0.29) is 11.5 Å². The fourth-order valence-electron chi connectivity index (χ4n) is 1.15. The summed E-state index contributed by atoms with van der Waals surface area (Å²) in [5, 5.41) is -0.0191. The fraction of sp³-hybridized carbons (Fsp3) is 0.900. The predicted molar refractivity (Wildman–Crippen MR) is 61.7 cm³/mol. The summed E-state index contributed by atoms with van der Waals surface area (Å²) in [4.78, 5) is 13.2. The van der Waals surface area contributed by atoms with Gasteiger partial charge in [0, 0.05) is 6.54 Å². The van der Waals surface area contributed by atoms with Crippen molar-refractivity contribution in [1.82, 2.24) is 4.90 Å². The lowest BCUT2D eigenvalue weighted by Crippen LogP contribution is -2.37. The molecule has 0 aromatic carbocycles. The number of hydrogen-bond acceptors (Lipinski definition) is 3. The molecule has 3 nitrogen and oxygen atoms in total. The lowest BCUT2D eigenvalue weighted by Gasteiger charge is -2.26. The molecule has 0 rings (SSSR count). The lowest BCUT2D eigenvalue weighted by atomic mass is 10.3. The second-order valence-electron chi connectivity index (χ2n) is 3.17. The molecule has 1 unspecified atom stereocenters. The van der Waals surface area contributed by atoms with Crippen LogP contribution in [0.5, 0.6) is 0 Å². The van der Waals surface area contributed by atoms with Crippen LogP contribution >= 0.6 is 12.6 Å². The minimum absolute atomic E-state index is 0.0191. The molecule has 0 saturated heterocycles. The molecule has 0 aliphatic rings. The van der Waals surface area contributed by atoms with Crippen LogP contribution in [0.1, 0.15) is 40.0 Å². The number of nitrogens with zero attached hydrogens (tertiary/aromatic N) is 1. The second kappa shape index (κ2) is 7.97. The highest BCUT2D eigenvalue weighted by Gasteiger charge is 2.19. The van der Waals surface area contributed by atoms with Gasteiger partial charge >= 0.3 is 6.09 Å². The Morgan fingerprint density at radius 1 is 1.36 bits per heavy atom. The van der Waals surface area contributed by atoms with Crippen molar-refractivity contribution < 1.29 is 9.53 Å². The van der Waals surface area contributed by atoms with Crippen molar-refractivity contribution in [2.45, 2.75) is 45.4 Å². The van der Waals surface area contributed by atoms with E-state index >= 15 is 0 Å². The lowest BCUT2D eigenvalue weighted by molar-refractivity contribution is 0.0997. The van der Waals surface area contributed by atoms with Gasteiger partial charge in [-0.1, -0.05) is 20.3 Å². The van der Waals surface area contributed by atoms with Crippen molar-refractivity contribution in [2.24, 2.45) is 0 Å². The Kier molecular flexibility index (Phi) is 7.76. The smallest absolute Gasteiger partial charge is 0.410 e. The molecule has 4 heteroatoms. The zero-order chi connectivity index (χ0) is 11.0. The first-order valence-corrected chi connectivity index (χ1v) is 5.80. The number of rotatable bonds is 6. The molecule has 0 spiro atoms. The molecule has 0 aromatic rings. The first-order chi connectivity index (χ1) is 6.67. The summed E-state index contributed by atoms with van der Waals surface area (Å²) in [5.74, 6) is 0. The van der Waals surface area contributed by atoms with Gasteiger partial charge in [-0.15, -0.1) is 0 Å². The van der Waals surface area contributed by atoms with Gasteiger partial charge in [-0.3, -0.25) is 4.90 Å². The maximum absolute atomic E-state index is 11.5. The van der Waals surface area contributed by atoms with Crippen molar-refractivity contribution in [3.63, 3.8) is 0 Å². The minimum Gasteiger partial charge on any atom is -0.449 e. The Labute approximate surface area is 92.2 Å². The van der Waals surface area contributed by atoms with E-state index in [1.54, 1.807) is 4.90 Å². The molecule has 0 heterocycles. The van der Waals surface area contributed by atoms with Gasteiger partial charge in [-0.2, -0.15) is 12.6 Å². The van der Waals surface area contributed by atoms with Crippen LogP contribution in [0.4, 0.5) is 4.79 Å². The van der Waals surface area contributed by atoms with Gasteiger partial charge in [0.15, 0.2) is 0 Å². The van der Waals surface area contributed by atoms with Crippen LogP contribution < -0.4 is 0 Å². The highest BCUT2D eigenvalue weighted by molar-refractivity contribution is 7.80. The van der Waals surface area contributed by atoms with E-state index in [2.05, 4.69) is 19.6 Å². The van der Waals surface area contributed by atoms with E-state index < -0.39 is 0 Å². The monoisotopic (exact) mass is 219 g/mol. The van der Waals surface area contributed by atoms with Crippen LogP contribution in [0, 0.1) is 0 Å². The summed E-state index contributed by atoms with van der Waals surface area (Å²) in [6.07, 6.45) is 2.53. The second-order valence-corrected chi connectivity index (χ2v) is 3.77. The molecule has 0 radical (unpaired) electrons. The Balaban J connectivity index is 4.03. The molecule has 0 fully saturated rings. The van der Waals surface area contributed by atoms with E-state index in [1.165, 1.54) is 0 Å². The summed E-state index contributed by atoms with van der Waals surface area (Å²) < 4.78 is 5.05. The quantitative estimate of drug-likeness (QED) is 0.550. The molecule has 0 aromatic heterocycles. The largest absolute Gasteiger partial charge is 0.449 e. The molecule has 0 saturated carbocycles. The van der Waals surface area contributed by atoms with Crippen LogP contribution in [-0.2, 0) is 4.74 Å². The van der Waals surface area contributed by atoms with Gasteiger partial charge < -0.3 is 4.74 Å². The van der Waals surface area contributed by atoms with Crippen LogP contribution in [0.2, 0.25) is 0 Å². The third-order valence-electron chi connectivity index (χ3n) is 1.91. The van der Waals surface area contributed by atoms with Crippen molar-refractivity contribution >= 4 is 18.7 Å². The van der Waals surface area contributed by atoms with E-state index in [9.17, 15) is 4.79 Å². The molecular weight excluding hydrogens is 198 g/mol. The van der Waals surface area contributed by atoms with Crippen LogP contribution in [0.15, 0.2) is 0 Å². The van der Waals surface area contributed by atoms with Crippen molar-refractivity contribution in [3.8, 4) is 0 Å². The summed E-state index contributed by atoms with van der Waals surface area (Å²) in [6, 6.07) is 0. The molecule has 1 atom stereocenters. The average molecular weight is 219 g/mol. The van der Waals surface area contributed by atoms with Crippen molar-refractivity contribution in [2.75, 3.05) is 13.2 Å². The number of carbonyl (C=O) groups is 1. The SMILES string of the molecule is CCCOC(=O)N(CC)C(S)CCC. The van der Waals surface area contributed by atoms with Crippen molar-refractivity contribution in [3.05, 3.63) is 0 Å². The first kappa shape index (κ1) is 13.6. The van der Waals surface area contributed by atoms with E-state index in [0.29, 0.717) is 13.2 Å². The summed E-state index contributed by atoms with van der Waals surface area (Å²) in [7, 11) is 0. The Morgan fingerprint density at radius 3 is 2.43 bits per heavy atom. The molecule has 14 heavy (non-hydrogen) atoms. The van der Waals surface area contributed by atoms with Gasteiger partial charge in [-0.25, -0.2) is 4.79 Å². The van der Waals surface area contributed by atoms with Crippen molar-refractivity contribution in [1.29, 1.82) is 0 Å². The minimum atomic E-state index is -0.247. The maximum atomic E-state index is 11.5. The zero-order valence-corrected chi connectivity index (χ0v) is 10.2. The van der Waals surface area contributed by atoms with Crippen LogP contribution in [0.3, 0.4) is 0 Å². The standard InChI is InChI=1S/C10H21NO2S/c1-4-7-9(14)11(6-3)10(12)13-8-5-2/h9,14H,4-8H2,1-3H3. The normalized spacial score (nSPS) is 12.3. The third kappa shape index (κ3) is 4.74. The molecule has 84 valence electrons. The predicted octanol–water partition coefficient (Wildman–Crippen LogP) is 2.91. The molecule has 0 N–H and O–H groups in total. The molecule has 0 aliphatic heterocycles. The highest BCUT2D eigenvalue weighted by Crippen LogP contribution is 2.12. The summed E-state index contributed by atoms with van der Waals surface area (Å²) in [6.45, 7) is 7.13. The molecular formula is C10H21NO2S. The topological polar surface area (TPSA) is 29.5 Å². The fourth-order valence-corrected chi connectivity index (χ4v) is 1.66. The highest BCUT2D eigenvalue weighted by atomic mass is 32.1. The molecule has 0 aliphatic carbocycles. The Morgan fingerprint density at radius 2 is 2.00 bits per heavy atom. The van der Waals surface area contributed by atoms with Crippen LogP contribution in [0.25, 0.3) is 0 Å². The van der Waals surface area contributed by atoms with Gasteiger partial charge in [0.25, 0.3) is 0 Å². The maximum Gasteiger partial charge on any atom is 0.410 e. The Bertz CT molecular complexity index is 164. The third-order valence-corrected chi connectivity index (χ3v) is 2.45. The number of ether oxygens (including phenoxy) is 1. The Hall–Kier alpha value is -0.380. The van der Waals surface area contributed by atoms with E-state index in [0.717, 1.165) is 19.3 Å². The van der Waals surface area contributed by atoms with Gasteiger partial charge in [0.2, 0.25) is 0 Å². The van der Waals surface area contributed by atoms with Gasteiger partial charge in [-0.05, 0) is 19.8 Å². The van der Waals surface area contributed by atoms with Crippen LogP contribution in [-0.4, -0.2) is 29.5 Å². The van der Waals surface area contributed by atoms with E-state index in [1.807, 2.05) is 13.8 Å². The first-order valence-electron chi connectivity index (χ1n) is 5.28. The summed E-state index contributed by atoms with van der Waals surface area (Å²) >= 11 is 4.37. The van der Waals surface area contributed by atoms with Gasteiger partial charge in [0.1, 0.15) is 0 Å².